The zero-order valence-corrected chi connectivity index (χ0v) is 11.0. The van der Waals surface area contributed by atoms with E-state index in [-0.39, 0.29) is 5.82 Å². The summed E-state index contributed by atoms with van der Waals surface area (Å²) in [5, 5.41) is 3.61. The summed E-state index contributed by atoms with van der Waals surface area (Å²) in [6, 6.07) is 9.45. The molecule has 2 nitrogen and oxygen atoms in total. The molecule has 0 amide bonds. The van der Waals surface area contributed by atoms with Gasteiger partial charge in [-0.05, 0) is 52.3 Å². The Morgan fingerprint density at radius 1 is 1.12 bits per heavy atom. The highest BCUT2D eigenvalue weighted by atomic mass is 79.9. The van der Waals surface area contributed by atoms with Gasteiger partial charge in [0.15, 0.2) is 0 Å². The molecule has 0 fully saturated rings. The van der Waals surface area contributed by atoms with Gasteiger partial charge in [-0.2, -0.15) is 0 Å². The van der Waals surface area contributed by atoms with Crippen LogP contribution in [0.2, 0.25) is 5.02 Å². The molecule has 88 valence electrons. The van der Waals surface area contributed by atoms with Crippen molar-refractivity contribution in [3.63, 3.8) is 0 Å². The zero-order valence-electron chi connectivity index (χ0n) is 8.68. The Morgan fingerprint density at radius 3 is 2.65 bits per heavy atom. The van der Waals surface area contributed by atoms with E-state index in [1.54, 1.807) is 18.2 Å². The molecule has 2 aromatic rings. The second-order valence-corrected chi connectivity index (χ2v) is 4.77. The molecular formula is C12H9BrClFN2. The molecule has 0 radical (unpaired) electrons. The third-order valence-corrected chi connectivity index (χ3v) is 3.14. The van der Waals surface area contributed by atoms with Gasteiger partial charge in [-0.25, -0.2) is 4.39 Å². The van der Waals surface area contributed by atoms with Crippen molar-refractivity contribution in [3.05, 3.63) is 51.7 Å². The predicted octanol–water partition coefficient (Wildman–Crippen LogP) is 4.57. The van der Waals surface area contributed by atoms with Crippen LogP contribution in [0.25, 0.3) is 0 Å². The molecule has 0 saturated carbocycles. The van der Waals surface area contributed by atoms with Gasteiger partial charge < -0.3 is 11.1 Å². The summed E-state index contributed by atoms with van der Waals surface area (Å²) in [4.78, 5) is 0. The predicted molar refractivity (Wildman–Crippen MR) is 73.2 cm³/mol. The highest BCUT2D eigenvalue weighted by Crippen LogP contribution is 2.31. The fourth-order valence-electron chi connectivity index (χ4n) is 1.38. The Bertz CT molecular complexity index is 511. The minimum absolute atomic E-state index is 0.347. The standard InChI is InChI=1S/C12H9BrClFN2/c13-9-3-1-7(14)5-11(9)17-12-6-8(15)2-4-10(12)16/h1-6,17H,16H2. The van der Waals surface area contributed by atoms with Crippen LogP contribution in [0.5, 0.6) is 0 Å². The molecule has 2 rings (SSSR count). The van der Waals surface area contributed by atoms with Gasteiger partial charge in [-0.1, -0.05) is 11.6 Å². The third kappa shape index (κ3) is 2.90. The smallest absolute Gasteiger partial charge is 0.125 e. The zero-order chi connectivity index (χ0) is 12.4. The lowest BCUT2D eigenvalue weighted by atomic mass is 10.2. The van der Waals surface area contributed by atoms with Crippen LogP contribution in [0, 0.1) is 5.82 Å². The number of nitrogen functional groups attached to an aromatic ring is 1. The SMILES string of the molecule is Nc1ccc(F)cc1Nc1cc(Cl)ccc1Br. The molecule has 0 aliphatic heterocycles. The maximum Gasteiger partial charge on any atom is 0.125 e. The first kappa shape index (κ1) is 12.2. The molecule has 0 unspecified atom stereocenters. The van der Waals surface area contributed by atoms with Crippen molar-refractivity contribution < 1.29 is 4.39 Å². The van der Waals surface area contributed by atoms with E-state index in [1.165, 1.54) is 18.2 Å². The quantitative estimate of drug-likeness (QED) is 0.797. The second-order valence-electron chi connectivity index (χ2n) is 3.48. The van der Waals surface area contributed by atoms with E-state index in [4.69, 9.17) is 17.3 Å². The average Bonchev–Trinajstić information content (AvgIpc) is 2.28. The number of nitrogens with one attached hydrogen (secondary N) is 1. The fraction of sp³-hybridized carbons (Fsp3) is 0. The van der Waals surface area contributed by atoms with Crippen LogP contribution in [0.15, 0.2) is 40.9 Å². The van der Waals surface area contributed by atoms with Crippen LogP contribution in [-0.4, -0.2) is 0 Å². The van der Waals surface area contributed by atoms with Gasteiger partial charge in [0.1, 0.15) is 5.82 Å². The van der Waals surface area contributed by atoms with E-state index >= 15 is 0 Å². The Balaban J connectivity index is 2.37. The van der Waals surface area contributed by atoms with Crippen molar-refractivity contribution in [2.24, 2.45) is 0 Å². The molecule has 0 heterocycles. The van der Waals surface area contributed by atoms with Crippen molar-refractivity contribution in [2.75, 3.05) is 11.1 Å². The third-order valence-electron chi connectivity index (χ3n) is 2.21. The van der Waals surface area contributed by atoms with Crippen LogP contribution >= 0.6 is 27.5 Å². The highest BCUT2D eigenvalue weighted by Gasteiger charge is 2.05. The van der Waals surface area contributed by atoms with Crippen molar-refractivity contribution in [1.82, 2.24) is 0 Å². The largest absolute Gasteiger partial charge is 0.397 e. The number of benzene rings is 2. The number of anilines is 3. The second kappa shape index (κ2) is 4.94. The van der Waals surface area contributed by atoms with E-state index in [9.17, 15) is 4.39 Å². The number of hydrogen-bond donors (Lipinski definition) is 2. The molecule has 0 saturated heterocycles. The first-order valence-electron chi connectivity index (χ1n) is 4.83. The summed E-state index contributed by atoms with van der Waals surface area (Å²) in [7, 11) is 0. The Labute approximate surface area is 112 Å². The maximum atomic E-state index is 13.1. The van der Waals surface area contributed by atoms with Crippen molar-refractivity contribution >= 4 is 44.6 Å². The summed E-state index contributed by atoms with van der Waals surface area (Å²) in [6.07, 6.45) is 0. The van der Waals surface area contributed by atoms with Gasteiger partial charge in [-0.15, -0.1) is 0 Å². The first-order chi connectivity index (χ1) is 8.06. The Hall–Kier alpha value is -1.26. The molecule has 3 N–H and O–H groups in total. The van der Waals surface area contributed by atoms with Gasteiger partial charge in [-0.3, -0.25) is 0 Å². The van der Waals surface area contributed by atoms with Gasteiger partial charge in [0.25, 0.3) is 0 Å². The molecule has 5 heteroatoms. The van der Waals surface area contributed by atoms with E-state index in [0.29, 0.717) is 16.4 Å². The topological polar surface area (TPSA) is 38.0 Å². The molecule has 0 spiro atoms. The summed E-state index contributed by atoms with van der Waals surface area (Å²) < 4.78 is 13.9. The van der Waals surface area contributed by atoms with Gasteiger partial charge >= 0.3 is 0 Å². The first-order valence-corrected chi connectivity index (χ1v) is 6.00. The van der Waals surface area contributed by atoms with Gasteiger partial charge in [0, 0.05) is 9.50 Å². The molecule has 17 heavy (non-hydrogen) atoms. The molecule has 0 atom stereocenters. The summed E-state index contributed by atoms with van der Waals surface area (Å²) in [5.74, 6) is -0.347. The fourth-order valence-corrected chi connectivity index (χ4v) is 1.89. The van der Waals surface area contributed by atoms with Crippen LogP contribution in [0.4, 0.5) is 21.5 Å². The monoisotopic (exact) mass is 314 g/mol. The van der Waals surface area contributed by atoms with Crippen LogP contribution in [0.3, 0.4) is 0 Å². The van der Waals surface area contributed by atoms with Crippen LogP contribution in [-0.2, 0) is 0 Å². The highest BCUT2D eigenvalue weighted by molar-refractivity contribution is 9.10. The number of hydrogen-bond acceptors (Lipinski definition) is 2. The lowest BCUT2D eigenvalue weighted by Crippen LogP contribution is -1.97. The van der Waals surface area contributed by atoms with Gasteiger partial charge in [0.05, 0.1) is 17.1 Å². The molecule has 0 bridgehead atoms. The van der Waals surface area contributed by atoms with Crippen molar-refractivity contribution in [1.29, 1.82) is 0 Å². The van der Waals surface area contributed by atoms with E-state index in [0.717, 1.165) is 10.2 Å². The summed E-state index contributed by atoms with van der Waals surface area (Å²) in [6.45, 7) is 0. The average molecular weight is 316 g/mol. The maximum absolute atomic E-state index is 13.1. The van der Waals surface area contributed by atoms with E-state index in [1.807, 2.05) is 0 Å². The Kier molecular flexibility index (Phi) is 3.54. The summed E-state index contributed by atoms with van der Waals surface area (Å²) in [5.41, 5.74) is 7.46. The summed E-state index contributed by atoms with van der Waals surface area (Å²) >= 11 is 9.26. The lowest BCUT2D eigenvalue weighted by Gasteiger charge is -2.11. The number of rotatable bonds is 2. The van der Waals surface area contributed by atoms with Crippen LogP contribution in [0.1, 0.15) is 0 Å². The molecule has 0 aliphatic rings. The Morgan fingerprint density at radius 2 is 1.88 bits per heavy atom. The minimum atomic E-state index is -0.347. The normalized spacial score (nSPS) is 10.3. The molecule has 2 aromatic carbocycles. The van der Waals surface area contributed by atoms with Crippen molar-refractivity contribution in [3.8, 4) is 0 Å². The number of nitrogens with two attached hydrogens (primary N) is 1. The van der Waals surface area contributed by atoms with Crippen molar-refractivity contribution in [2.45, 2.75) is 0 Å². The van der Waals surface area contributed by atoms with E-state index < -0.39 is 0 Å². The van der Waals surface area contributed by atoms with E-state index in [2.05, 4.69) is 21.2 Å². The molecule has 0 aliphatic carbocycles. The molecular weight excluding hydrogens is 307 g/mol. The number of halogens is 3. The minimum Gasteiger partial charge on any atom is -0.397 e. The van der Waals surface area contributed by atoms with Crippen LogP contribution < -0.4 is 11.1 Å². The lowest BCUT2D eigenvalue weighted by molar-refractivity contribution is 0.628. The van der Waals surface area contributed by atoms with Gasteiger partial charge in [0.2, 0.25) is 0 Å². The molecule has 0 aromatic heterocycles.